The first-order valence-electron chi connectivity index (χ1n) is 7.01. The fourth-order valence-corrected chi connectivity index (χ4v) is 3.05. The fourth-order valence-electron chi connectivity index (χ4n) is 2.07. The van der Waals surface area contributed by atoms with Gasteiger partial charge in [-0.1, -0.05) is 36.4 Å². The van der Waals surface area contributed by atoms with Crippen LogP contribution in [0.5, 0.6) is 0 Å². The third-order valence-corrected chi connectivity index (χ3v) is 4.51. The van der Waals surface area contributed by atoms with Crippen molar-refractivity contribution in [3.05, 3.63) is 65.7 Å². The minimum atomic E-state index is -1.10. The summed E-state index contributed by atoms with van der Waals surface area (Å²) in [5.41, 5.74) is 1.43. The van der Waals surface area contributed by atoms with Gasteiger partial charge in [0.25, 0.3) is 5.91 Å². The third kappa shape index (κ3) is 4.51. The maximum absolute atomic E-state index is 12.2. The van der Waals surface area contributed by atoms with Gasteiger partial charge in [-0.05, 0) is 23.8 Å². The molecule has 0 heterocycles. The highest BCUT2D eigenvalue weighted by atomic mass is 32.2. The molecule has 0 aromatic heterocycles. The number of hydrogen-bond donors (Lipinski definition) is 1. The maximum Gasteiger partial charge on any atom is 0.251 e. The van der Waals surface area contributed by atoms with Crippen molar-refractivity contribution in [3.8, 4) is 0 Å². The van der Waals surface area contributed by atoms with E-state index in [1.807, 2.05) is 48.5 Å². The van der Waals surface area contributed by atoms with Crippen molar-refractivity contribution >= 4 is 16.7 Å². The van der Waals surface area contributed by atoms with Crippen molar-refractivity contribution < 1.29 is 13.7 Å². The lowest BCUT2D eigenvalue weighted by Gasteiger charge is -2.09. The Morgan fingerprint density at radius 2 is 1.77 bits per heavy atom. The van der Waals surface area contributed by atoms with Gasteiger partial charge in [0, 0.05) is 29.9 Å². The van der Waals surface area contributed by atoms with Gasteiger partial charge in [0.05, 0.1) is 17.4 Å². The van der Waals surface area contributed by atoms with E-state index in [9.17, 15) is 9.00 Å². The molecule has 116 valence electrons. The smallest absolute Gasteiger partial charge is 0.251 e. The quantitative estimate of drug-likeness (QED) is 0.853. The number of nitrogens with one attached hydrogen (secondary N) is 1. The van der Waals surface area contributed by atoms with Crippen LogP contribution in [-0.2, 0) is 22.1 Å². The van der Waals surface area contributed by atoms with Crippen molar-refractivity contribution in [1.29, 1.82) is 0 Å². The minimum Gasteiger partial charge on any atom is -0.380 e. The van der Waals surface area contributed by atoms with Crippen molar-refractivity contribution in [2.24, 2.45) is 0 Å². The van der Waals surface area contributed by atoms with E-state index in [1.165, 1.54) is 0 Å². The lowest BCUT2D eigenvalue weighted by atomic mass is 10.1. The normalized spacial score (nSPS) is 11.9. The van der Waals surface area contributed by atoms with Crippen molar-refractivity contribution in [1.82, 2.24) is 5.32 Å². The zero-order valence-corrected chi connectivity index (χ0v) is 13.3. The number of amides is 1. The van der Waals surface area contributed by atoms with Crippen LogP contribution in [0.1, 0.15) is 15.9 Å². The Balaban J connectivity index is 1.89. The average molecular weight is 317 g/mol. The van der Waals surface area contributed by atoms with Crippen LogP contribution in [0.2, 0.25) is 0 Å². The summed E-state index contributed by atoms with van der Waals surface area (Å²) >= 11 is 0. The summed E-state index contributed by atoms with van der Waals surface area (Å²) in [5.74, 6) is 0.222. The fraction of sp³-hybridized carbons (Fsp3) is 0.235. The highest BCUT2D eigenvalue weighted by Crippen LogP contribution is 2.10. The summed E-state index contributed by atoms with van der Waals surface area (Å²) in [5, 5.41) is 2.81. The van der Waals surface area contributed by atoms with Crippen LogP contribution < -0.4 is 5.32 Å². The predicted molar refractivity (Wildman–Crippen MR) is 87.2 cm³/mol. The summed E-state index contributed by atoms with van der Waals surface area (Å²) in [4.78, 5) is 13.0. The Hall–Kier alpha value is -1.98. The molecular weight excluding hydrogens is 298 g/mol. The summed E-state index contributed by atoms with van der Waals surface area (Å²) in [6.45, 7) is 0.751. The Labute approximate surface area is 133 Å². The van der Waals surface area contributed by atoms with Gasteiger partial charge in [-0.3, -0.25) is 9.00 Å². The molecule has 0 saturated carbocycles. The first kappa shape index (κ1) is 16.4. The molecule has 2 rings (SSSR count). The molecular formula is C17H19NO3S. The molecule has 0 saturated heterocycles. The van der Waals surface area contributed by atoms with Crippen molar-refractivity contribution in [2.75, 3.05) is 19.4 Å². The van der Waals surface area contributed by atoms with Gasteiger partial charge in [-0.25, -0.2) is 0 Å². The molecule has 2 aromatic rings. The van der Waals surface area contributed by atoms with Gasteiger partial charge in [0.15, 0.2) is 0 Å². The molecule has 4 nitrogen and oxygen atoms in total. The largest absolute Gasteiger partial charge is 0.380 e. The molecule has 0 radical (unpaired) electrons. The molecule has 0 spiro atoms. The number of benzene rings is 2. The van der Waals surface area contributed by atoms with Crippen LogP contribution in [0.15, 0.2) is 59.5 Å². The van der Waals surface area contributed by atoms with Crippen LogP contribution in [0.3, 0.4) is 0 Å². The number of rotatable bonds is 7. The molecule has 0 bridgehead atoms. The van der Waals surface area contributed by atoms with E-state index in [0.29, 0.717) is 24.5 Å². The number of ether oxygens (including phenoxy) is 1. The Kier molecular flexibility index (Phi) is 6.30. The second-order valence-electron chi connectivity index (χ2n) is 4.71. The lowest BCUT2D eigenvalue weighted by molar-refractivity contribution is 0.0951. The van der Waals surface area contributed by atoms with Gasteiger partial charge >= 0.3 is 0 Å². The lowest BCUT2D eigenvalue weighted by Crippen LogP contribution is -2.28. The second-order valence-corrected chi connectivity index (χ2v) is 6.28. The van der Waals surface area contributed by atoms with Gasteiger partial charge in [-0.2, -0.15) is 0 Å². The summed E-state index contributed by atoms with van der Waals surface area (Å²) < 4.78 is 17.2. The van der Waals surface area contributed by atoms with Crippen LogP contribution in [0.25, 0.3) is 0 Å². The zero-order chi connectivity index (χ0) is 15.8. The molecule has 1 atom stereocenters. The maximum atomic E-state index is 12.2. The van der Waals surface area contributed by atoms with E-state index in [-0.39, 0.29) is 5.91 Å². The van der Waals surface area contributed by atoms with E-state index in [0.717, 1.165) is 10.5 Å². The first-order chi connectivity index (χ1) is 10.7. The summed E-state index contributed by atoms with van der Waals surface area (Å²) in [6, 6.07) is 16.6. The molecule has 0 aliphatic rings. The number of methoxy groups -OCH3 is 1. The molecule has 0 fully saturated rings. The van der Waals surface area contributed by atoms with Gasteiger partial charge < -0.3 is 10.1 Å². The highest BCUT2D eigenvalue weighted by Gasteiger charge is 2.11. The average Bonchev–Trinajstić information content (AvgIpc) is 2.56. The number of hydrogen-bond acceptors (Lipinski definition) is 3. The number of carbonyl (C=O) groups excluding carboxylic acids is 1. The summed E-state index contributed by atoms with van der Waals surface area (Å²) in [7, 11) is 0.491. The predicted octanol–water partition coefficient (Wildman–Crippen LogP) is 2.37. The zero-order valence-electron chi connectivity index (χ0n) is 12.5. The molecule has 0 unspecified atom stereocenters. The first-order valence-corrected chi connectivity index (χ1v) is 8.32. The van der Waals surface area contributed by atoms with Gasteiger partial charge in [0.1, 0.15) is 0 Å². The van der Waals surface area contributed by atoms with Crippen LogP contribution >= 0.6 is 0 Å². The van der Waals surface area contributed by atoms with Crippen molar-refractivity contribution in [3.63, 3.8) is 0 Å². The standard InChI is InChI=1S/C17H19NO3S/c1-21-13-14-7-5-6-10-16(14)17(19)18-11-12-22(20)15-8-3-2-4-9-15/h2-10H,11-13H2,1H3,(H,18,19)/t22-/m0/s1. The second kappa shape index (κ2) is 8.46. The Morgan fingerprint density at radius 3 is 2.50 bits per heavy atom. The van der Waals surface area contributed by atoms with E-state index in [1.54, 1.807) is 13.2 Å². The van der Waals surface area contributed by atoms with Gasteiger partial charge in [0.2, 0.25) is 0 Å². The third-order valence-electron chi connectivity index (χ3n) is 3.14. The highest BCUT2D eigenvalue weighted by molar-refractivity contribution is 7.85. The van der Waals surface area contributed by atoms with Crippen LogP contribution in [-0.4, -0.2) is 29.5 Å². The van der Waals surface area contributed by atoms with E-state index in [2.05, 4.69) is 5.32 Å². The molecule has 0 aliphatic carbocycles. The van der Waals surface area contributed by atoms with Crippen LogP contribution in [0, 0.1) is 0 Å². The molecule has 22 heavy (non-hydrogen) atoms. The van der Waals surface area contributed by atoms with E-state index < -0.39 is 10.8 Å². The monoisotopic (exact) mass is 317 g/mol. The number of carbonyl (C=O) groups is 1. The molecule has 2 aromatic carbocycles. The minimum absolute atomic E-state index is 0.169. The summed E-state index contributed by atoms with van der Waals surface area (Å²) in [6.07, 6.45) is 0. The van der Waals surface area contributed by atoms with E-state index >= 15 is 0 Å². The molecule has 0 aliphatic heterocycles. The van der Waals surface area contributed by atoms with Gasteiger partial charge in [-0.15, -0.1) is 0 Å². The van der Waals surface area contributed by atoms with Crippen molar-refractivity contribution in [2.45, 2.75) is 11.5 Å². The molecule has 5 heteroatoms. The molecule has 1 N–H and O–H groups in total. The Bertz CT molecular complexity index is 643. The molecule has 1 amide bonds. The topological polar surface area (TPSA) is 55.4 Å². The van der Waals surface area contributed by atoms with E-state index in [4.69, 9.17) is 4.74 Å². The Morgan fingerprint density at radius 1 is 1.09 bits per heavy atom. The van der Waals surface area contributed by atoms with Crippen LogP contribution in [0.4, 0.5) is 0 Å². The SMILES string of the molecule is COCc1ccccc1C(=O)NCC[S@](=O)c1ccccc1.